The Morgan fingerprint density at radius 3 is 2.54 bits per heavy atom. The number of hydrogen-bond donors (Lipinski definition) is 1. The van der Waals surface area contributed by atoms with Crippen LogP contribution >= 0.6 is 0 Å². The number of carbonyl (C=O) groups is 1. The molecule has 0 aliphatic heterocycles. The first-order chi connectivity index (χ1) is 12.4. The van der Waals surface area contributed by atoms with Crippen LogP contribution in [0.2, 0.25) is 0 Å². The number of methoxy groups -OCH3 is 1. The van der Waals surface area contributed by atoms with Crippen LogP contribution in [-0.2, 0) is 27.6 Å². The number of benzene rings is 2. The van der Waals surface area contributed by atoms with E-state index >= 15 is 0 Å². The Labute approximate surface area is 154 Å². The maximum absolute atomic E-state index is 12.7. The van der Waals surface area contributed by atoms with E-state index < -0.39 is 16.0 Å². The fourth-order valence-corrected chi connectivity index (χ4v) is 4.58. The summed E-state index contributed by atoms with van der Waals surface area (Å²) in [5, 5.41) is 0. The van der Waals surface area contributed by atoms with E-state index in [0.717, 1.165) is 18.4 Å². The minimum absolute atomic E-state index is 0.0465. The first kappa shape index (κ1) is 18.6. The van der Waals surface area contributed by atoms with Gasteiger partial charge >= 0.3 is 5.97 Å². The second kappa shape index (κ2) is 7.60. The highest BCUT2D eigenvalue weighted by molar-refractivity contribution is 7.89. The Bertz CT molecular complexity index is 921. The van der Waals surface area contributed by atoms with Crippen LogP contribution in [0.15, 0.2) is 47.4 Å². The molecule has 0 aromatic heterocycles. The molecule has 2 aromatic carbocycles. The molecule has 0 amide bonds. The molecule has 0 fully saturated rings. The second-order valence-corrected chi connectivity index (χ2v) is 8.31. The summed E-state index contributed by atoms with van der Waals surface area (Å²) < 4.78 is 32.8. The van der Waals surface area contributed by atoms with E-state index in [2.05, 4.69) is 21.6 Å². The fraction of sp³-hybridized carbons (Fsp3) is 0.350. The van der Waals surface area contributed by atoms with Gasteiger partial charge in [-0.1, -0.05) is 24.3 Å². The van der Waals surface area contributed by atoms with Crippen molar-refractivity contribution in [1.29, 1.82) is 0 Å². The van der Waals surface area contributed by atoms with Gasteiger partial charge in [0, 0.05) is 6.04 Å². The lowest BCUT2D eigenvalue weighted by atomic mass is 9.89. The summed E-state index contributed by atoms with van der Waals surface area (Å²) >= 11 is 0. The molecule has 0 saturated heterocycles. The predicted octanol–water partition coefficient (Wildman–Crippen LogP) is 3.39. The van der Waals surface area contributed by atoms with Gasteiger partial charge in [-0.15, -0.1) is 0 Å². The van der Waals surface area contributed by atoms with Crippen molar-refractivity contribution >= 4 is 16.0 Å². The molecule has 138 valence electrons. The number of sulfonamides is 1. The van der Waals surface area contributed by atoms with E-state index in [1.54, 1.807) is 0 Å². The van der Waals surface area contributed by atoms with Crippen molar-refractivity contribution in [3.8, 4) is 0 Å². The minimum atomic E-state index is -3.75. The maximum atomic E-state index is 12.7. The van der Waals surface area contributed by atoms with Gasteiger partial charge in [-0.05, 0) is 67.5 Å². The van der Waals surface area contributed by atoms with Gasteiger partial charge < -0.3 is 4.74 Å². The summed E-state index contributed by atoms with van der Waals surface area (Å²) in [7, 11) is -2.49. The first-order valence-electron chi connectivity index (χ1n) is 8.73. The summed E-state index contributed by atoms with van der Waals surface area (Å²) in [4.78, 5) is 11.7. The van der Waals surface area contributed by atoms with Crippen molar-refractivity contribution in [1.82, 2.24) is 4.72 Å². The lowest BCUT2D eigenvalue weighted by molar-refractivity contribution is 0.0600. The molecule has 0 bridgehead atoms. The average Bonchev–Trinajstić information content (AvgIpc) is 2.66. The molecule has 0 radical (unpaired) electrons. The Morgan fingerprint density at radius 2 is 1.81 bits per heavy atom. The number of hydrogen-bond acceptors (Lipinski definition) is 4. The largest absolute Gasteiger partial charge is 0.465 e. The SMILES string of the molecule is COC(=O)c1cccc(S(=O)(=O)NC(C)c2ccc3c(c2)CCCC3)c1. The monoisotopic (exact) mass is 373 g/mol. The van der Waals surface area contributed by atoms with E-state index in [0.29, 0.717) is 0 Å². The van der Waals surface area contributed by atoms with Crippen molar-refractivity contribution < 1.29 is 17.9 Å². The molecule has 5 nitrogen and oxygen atoms in total. The fourth-order valence-electron chi connectivity index (χ4n) is 3.30. The van der Waals surface area contributed by atoms with E-state index in [4.69, 9.17) is 0 Å². The lowest BCUT2D eigenvalue weighted by Gasteiger charge is -2.20. The van der Waals surface area contributed by atoms with E-state index in [-0.39, 0.29) is 16.5 Å². The number of carbonyl (C=O) groups excluding carboxylic acids is 1. The van der Waals surface area contributed by atoms with Gasteiger partial charge in [-0.2, -0.15) is 0 Å². The van der Waals surface area contributed by atoms with E-state index in [9.17, 15) is 13.2 Å². The van der Waals surface area contributed by atoms with Crippen molar-refractivity contribution in [3.63, 3.8) is 0 Å². The summed E-state index contributed by atoms with van der Waals surface area (Å²) in [6.45, 7) is 1.83. The maximum Gasteiger partial charge on any atom is 0.337 e. The van der Waals surface area contributed by atoms with Gasteiger partial charge in [0.2, 0.25) is 10.0 Å². The molecule has 3 rings (SSSR count). The molecule has 0 saturated carbocycles. The molecule has 0 heterocycles. The highest BCUT2D eigenvalue weighted by Gasteiger charge is 2.21. The predicted molar refractivity (Wildman–Crippen MR) is 99.6 cm³/mol. The Hall–Kier alpha value is -2.18. The smallest absolute Gasteiger partial charge is 0.337 e. The van der Waals surface area contributed by atoms with Gasteiger partial charge in [0.05, 0.1) is 17.6 Å². The molecular weight excluding hydrogens is 350 g/mol. The van der Waals surface area contributed by atoms with Gasteiger partial charge in [0.25, 0.3) is 0 Å². The highest BCUT2D eigenvalue weighted by atomic mass is 32.2. The molecule has 1 aliphatic carbocycles. The molecular formula is C20H23NO4S. The normalized spacial score (nSPS) is 15.2. The molecule has 1 aliphatic rings. The minimum Gasteiger partial charge on any atom is -0.465 e. The van der Waals surface area contributed by atoms with Gasteiger partial charge in [-0.25, -0.2) is 17.9 Å². The first-order valence-corrected chi connectivity index (χ1v) is 10.2. The van der Waals surface area contributed by atoms with Crippen molar-refractivity contribution in [3.05, 3.63) is 64.7 Å². The van der Waals surface area contributed by atoms with Crippen molar-refractivity contribution in [2.24, 2.45) is 0 Å². The number of ether oxygens (including phenoxy) is 1. The summed E-state index contributed by atoms with van der Waals surface area (Å²) in [5.41, 5.74) is 3.82. The quantitative estimate of drug-likeness (QED) is 0.816. The van der Waals surface area contributed by atoms with Crippen LogP contribution in [-0.4, -0.2) is 21.5 Å². The summed E-state index contributed by atoms with van der Waals surface area (Å²) in [6, 6.07) is 11.7. The molecule has 1 N–H and O–H groups in total. The van der Waals surface area contributed by atoms with Crippen LogP contribution in [0.25, 0.3) is 0 Å². The van der Waals surface area contributed by atoms with Crippen LogP contribution in [0.1, 0.15) is 52.9 Å². The third kappa shape index (κ3) is 3.97. The van der Waals surface area contributed by atoms with Crippen LogP contribution in [0.5, 0.6) is 0 Å². The zero-order valence-electron chi connectivity index (χ0n) is 15.0. The number of rotatable bonds is 5. The molecule has 6 heteroatoms. The topological polar surface area (TPSA) is 72.5 Å². The molecule has 1 unspecified atom stereocenters. The van der Waals surface area contributed by atoms with Crippen LogP contribution in [0, 0.1) is 0 Å². The van der Waals surface area contributed by atoms with Crippen LogP contribution in [0.3, 0.4) is 0 Å². The number of nitrogens with one attached hydrogen (secondary N) is 1. The molecule has 2 aromatic rings. The third-order valence-corrected chi connectivity index (χ3v) is 6.31. The second-order valence-electron chi connectivity index (χ2n) is 6.60. The Morgan fingerprint density at radius 1 is 1.08 bits per heavy atom. The Kier molecular flexibility index (Phi) is 5.44. The molecule has 1 atom stereocenters. The van der Waals surface area contributed by atoms with Gasteiger partial charge in [0.1, 0.15) is 0 Å². The third-order valence-electron chi connectivity index (χ3n) is 4.77. The molecule has 26 heavy (non-hydrogen) atoms. The lowest BCUT2D eigenvalue weighted by Crippen LogP contribution is -2.27. The summed E-state index contributed by atoms with van der Waals surface area (Å²) in [5.74, 6) is -0.565. The highest BCUT2D eigenvalue weighted by Crippen LogP contribution is 2.25. The standard InChI is InChI=1S/C20H23NO4S/c1-14(16-11-10-15-6-3-4-7-17(15)12-16)21-26(23,24)19-9-5-8-18(13-19)20(22)25-2/h5,8-14,21H,3-4,6-7H2,1-2H3. The van der Waals surface area contributed by atoms with E-state index in [1.807, 2.05) is 13.0 Å². The van der Waals surface area contributed by atoms with Crippen LogP contribution < -0.4 is 4.72 Å². The zero-order chi connectivity index (χ0) is 18.7. The average molecular weight is 373 g/mol. The van der Waals surface area contributed by atoms with E-state index in [1.165, 1.54) is 55.3 Å². The molecule has 0 spiro atoms. The van der Waals surface area contributed by atoms with Gasteiger partial charge in [0.15, 0.2) is 0 Å². The zero-order valence-corrected chi connectivity index (χ0v) is 15.8. The van der Waals surface area contributed by atoms with Crippen molar-refractivity contribution in [2.75, 3.05) is 7.11 Å². The summed E-state index contributed by atoms with van der Waals surface area (Å²) in [6.07, 6.45) is 4.53. The van der Waals surface area contributed by atoms with Gasteiger partial charge in [-0.3, -0.25) is 0 Å². The number of fused-ring (bicyclic) bond motifs is 1. The van der Waals surface area contributed by atoms with Crippen LogP contribution in [0.4, 0.5) is 0 Å². The number of aryl methyl sites for hydroxylation is 2. The number of esters is 1. The van der Waals surface area contributed by atoms with Crippen molar-refractivity contribution in [2.45, 2.75) is 43.5 Å². The Balaban J connectivity index is 1.82.